The molecule has 2 aromatic carbocycles. The minimum absolute atomic E-state index is 0.0560. The highest BCUT2D eigenvalue weighted by Crippen LogP contribution is 2.29. The Kier molecular flexibility index (Phi) is 6.21. The van der Waals surface area contributed by atoms with Gasteiger partial charge in [0, 0.05) is 29.9 Å². The van der Waals surface area contributed by atoms with Gasteiger partial charge in [-0.2, -0.15) is 9.40 Å². The van der Waals surface area contributed by atoms with Crippen molar-refractivity contribution in [3.05, 3.63) is 53.9 Å². The molecule has 1 fully saturated rings. The van der Waals surface area contributed by atoms with E-state index in [-0.39, 0.29) is 29.3 Å². The Morgan fingerprint density at radius 3 is 2.66 bits per heavy atom. The highest BCUT2D eigenvalue weighted by molar-refractivity contribution is 7.89. The third-order valence-electron chi connectivity index (χ3n) is 4.99. The summed E-state index contributed by atoms with van der Waals surface area (Å²) >= 11 is 0. The maximum atomic E-state index is 13.1. The number of sulfonamides is 1. The molecule has 1 saturated heterocycles. The van der Waals surface area contributed by atoms with Crippen LogP contribution >= 0.6 is 0 Å². The number of aromatic nitrogens is 3. The Labute approximate surface area is 185 Å². The maximum absolute atomic E-state index is 13.1. The van der Waals surface area contributed by atoms with Crippen LogP contribution in [0.2, 0.25) is 0 Å². The predicted molar refractivity (Wildman–Crippen MR) is 117 cm³/mol. The summed E-state index contributed by atoms with van der Waals surface area (Å²) in [4.78, 5) is 17.1. The molecule has 1 amide bonds. The fourth-order valence-electron chi connectivity index (χ4n) is 3.36. The first-order valence-electron chi connectivity index (χ1n) is 9.95. The van der Waals surface area contributed by atoms with Crippen LogP contribution in [0.15, 0.2) is 47.4 Å². The normalized spacial score (nSPS) is 14.8. The molecule has 0 bridgehead atoms. The molecule has 0 atom stereocenters. The van der Waals surface area contributed by atoms with Crippen LogP contribution in [0, 0.1) is 6.92 Å². The minimum Gasteiger partial charge on any atom is -0.495 e. The van der Waals surface area contributed by atoms with Gasteiger partial charge in [0.25, 0.3) is 5.91 Å². The Bertz CT molecular complexity index is 1230. The summed E-state index contributed by atoms with van der Waals surface area (Å²) in [6.45, 7) is 2.93. The summed E-state index contributed by atoms with van der Waals surface area (Å²) in [6.07, 6.45) is 0. The number of rotatable bonds is 6. The van der Waals surface area contributed by atoms with Crippen molar-refractivity contribution >= 4 is 21.6 Å². The molecule has 4 rings (SSSR count). The SMILES string of the molecule is COc1ccc(C(=O)Nc2cccc(-c3n[nH]c(C)n3)c2)cc1S(=O)(=O)N1CCOCC1. The standard InChI is InChI=1S/C21H23N5O5S/c1-14-22-20(25-24-14)15-4-3-5-17(12-15)23-21(27)16-6-7-18(30-2)19(13-16)32(28,29)26-8-10-31-11-9-26/h3-7,12-13H,8-11H2,1-2H3,(H,23,27)(H,22,24,25). The number of aromatic amines is 1. The summed E-state index contributed by atoms with van der Waals surface area (Å²) < 4.78 is 38.1. The largest absolute Gasteiger partial charge is 0.495 e. The summed E-state index contributed by atoms with van der Waals surface area (Å²) in [5, 5.41) is 9.70. The molecular formula is C21H23N5O5S. The summed E-state index contributed by atoms with van der Waals surface area (Å²) in [7, 11) is -2.45. The number of ether oxygens (including phenoxy) is 2. The highest BCUT2D eigenvalue weighted by atomic mass is 32.2. The molecule has 1 aliphatic heterocycles. The van der Waals surface area contributed by atoms with Gasteiger partial charge in [-0.05, 0) is 37.3 Å². The van der Waals surface area contributed by atoms with Gasteiger partial charge in [-0.15, -0.1) is 0 Å². The van der Waals surface area contributed by atoms with Gasteiger partial charge < -0.3 is 14.8 Å². The quantitative estimate of drug-likeness (QED) is 0.580. The topological polar surface area (TPSA) is 127 Å². The zero-order valence-corrected chi connectivity index (χ0v) is 18.5. The molecule has 1 aromatic heterocycles. The first-order chi connectivity index (χ1) is 15.4. The molecule has 2 heterocycles. The van der Waals surface area contributed by atoms with E-state index >= 15 is 0 Å². The van der Waals surface area contributed by atoms with Crippen LogP contribution in [-0.4, -0.2) is 67.2 Å². The molecule has 3 aromatic rings. The third kappa shape index (κ3) is 4.49. The van der Waals surface area contributed by atoms with Crippen molar-refractivity contribution in [1.82, 2.24) is 19.5 Å². The van der Waals surface area contributed by atoms with Crippen molar-refractivity contribution in [2.75, 3.05) is 38.7 Å². The van der Waals surface area contributed by atoms with Crippen molar-refractivity contribution in [3.63, 3.8) is 0 Å². The van der Waals surface area contributed by atoms with E-state index < -0.39 is 15.9 Å². The molecule has 0 aliphatic carbocycles. The minimum atomic E-state index is -3.85. The van der Waals surface area contributed by atoms with Gasteiger partial charge in [-0.25, -0.2) is 13.4 Å². The van der Waals surface area contributed by atoms with Gasteiger partial charge >= 0.3 is 0 Å². The number of amides is 1. The van der Waals surface area contributed by atoms with E-state index in [0.29, 0.717) is 30.5 Å². The van der Waals surface area contributed by atoms with Gasteiger partial charge in [0.1, 0.15) is 16.5 Å². The van der Waals surface area contributed by atoms with Gasteiger partial charge in [-0.1, -0.05) is 12.1 Å². The van der Waals surface area contributed by atoms with E-state index in [4.69, 9.17) is 9.47 Å². The Morgan fingerprint density at radius 1 is 1.19 bits per heavy atom. The van der Waals surface area contributed by atoms with Gasteiger partial charge in [0.2, 0.25) is 10.0 Å². The second kappa shape index (κ2) is 9.07. The number of aryl methyl sites for hydroxylation is 1. The number of carbonyl (C=O) groups excluding carboxylic acids is 1. The van der Waals surface area contributed by atoms with E-state index in [1.165, 1.54) is 29.6 Å². The first kappa shape index (κ1) is 21.9. The lowest BCUT2D eigenvalue weighted by Gasteiger charge is -2.26. The number of benzene rings is 2. The number of nitrogens with one attached hydrogen (secondary N) is 2. The molecule has 32 heavy (non-hydrogen) atoms. The fraction of sp³-hybridized carbons (Fsp3) is 0.286. The molecule has 11 heteroatoms. The van der Waals surface area contributed by atoms with Crippen molar-refractivity contribution in [3.8, 4) is 17.1 Å². The third-order valence-corrected chi connectivity index (χ3v) is 6.91. The lowest BCUT2D eigenvalue weighted by Crippen LogP contribution is -2.40. The second-order valence-electron chi connectivity index (χ2n) is 7.16. The molecule has 0 unspecified atom stereocenters. The molecule has 0 spiro atoms. The average molecular weight is 458 g/mol. The maximum Gasteiger partial charge on any atom is 0.255 e. The Morgan fingerprint density at radius 2 is 1.97 bits per heavy atom. The van der Waals surface area contributed by atoms with Gasteiger partial charge in [0.15, 0.2) is 5.82 Å². The van der Waals surface area contributed by atoms with Crippen LogP contribution in [0.1, 0.15) is 16.2 Å². The van der Waals surface area contributed by atoms with Crippen molar-refractivity contribution in [2.45, 2.75) is 11.8 Å². The molecular weight excluding hydrogens is 434 g/mol. The highest BCUT2D eigenvalue weighted by Gasteiger charge is 2.30. The van der Waals surface area contributed by atoms with Crippen LogP contribution in [0.4, 0.5) is 5.69 Å². The molecule has 0 saturated carbocycles. The number of nitrogens with zero attached hydrogens (tertiary/aromatic N) is 3. The average Bonchev–Trinajstić information content (AvgIpc) is 3.25. The van der Waals surface area contributed by atoms with Gasteiger partial charge in [-0.3, -0.25) is 9.89 Å². The number of hydrogen-bond donors (Lipinski definition) is 2. The molecule has 0 radical (unpaired) electrons. The van der Waals surface area contributed by atoms with E-state index in [1.807, 2.05) is 6.07 Å². The molecule has 168 valence electrons. The van der Waals surface area contributed by atoms with E-state index in [1.54, 1.807) is 25.1 Å². The lowest BCUT2D eigenvalue weighted by atomic mass is 10.1. The van der Waals surface area contributed by atoms with Crippen LogP contribution in [0.3, 0.4) is 0 Å². The van der Waals surface area contributed by atoms with E-state index in [0.717, 1.165) is 5.56 Å². The van der Waals surface area contributed by atoms with Crippen LogP contribution < -0.4 is 10.1 Å². The first-order valence-corrected chi connectivity index (χ1v) is 11.4. The monoisotopic (exact) mass is 457 g/mol. The molecule has 2 N–H and O–H groups in total. The van der Waals surface area contributed by atoms with Gasteiger partial charge in [0.05, 0.1) is 20.3 Å². The number of carbonyl (C=O) groups is 1. The van der Waals surface area contributed by atoms with Crippen LogP contribution in [0.5, 0.6) is 5.75 Å². The predicted octanol–water partition coefficient (Wildman–Crippen LogP) is 2.06. The zero-order chi connectivity index (χ0) is 22.7. The number of hydrogen-bond acceptors (Lipinski definition) is 7. The number of morpholine rings is 1. The van der Waals surface area contributed by atoms with Crippen LogP contribution in [0.25, 0.3) is 11.4 Å². The van der Waals surface area contributed by atoms with Crippen molar-refractivity contribution in [2.24, 2.45) is 0 Å². The molecule has 10 nitrogen and oxygen atoms in total. The summed E-state index contributed by atoms with van der Waals surface area (Å²) in [6, 6.07) is 11.4. The summed E-state index contributed by atoms with van der Waals surface area (Å²) in [5.74, 6) is 0.924. The lowest BCUT2D eigenvalue weighted by molar-refractivity contribution is 0.0729. The number of anilines is 1. The molecule has 1 aliphatic rings. The Hall–Kier alpha value is -3.28. The van der Waals surface area contributed by atoms with Crippen molar-refractivity contribution in [1.29, 1.82) is 0 Å². The fourth-order valence-corrected chi connectivity index (χ4v) is 4.95. The number of H-pyrrole nitrogens is 1. The van der Waals surface area contributed by atoms with Crippen molar-refractivity contribution < 1.29 is 22.7 Å². The number of methoxy groups -OCH3 is 1. The Balaban J connectivity index is 1.60. The van der Waals surface area contributed by atoms with E-state index in [2.05, 4.69) is 20.5 Å². The smallest absolute Gasteiger partial charge is 0.255 e. The van der Waals surface area contributed by atoms with E-state index in [9.17, 15) is 13.2 Å². The second-order valence-corrected chi connectivity index (χ2v) is 9.07. The zero-order valence-electron chi connectivity index (χ0n) is 17.7. The summed E-state index contributed by atoms with van der Waals surface area (Å²) in [5.41, 5.74) is 1.46. The van der Waals surface area contributed by atoms with Crippen LogP contribution in [-0.2, 0) is 14.8 Å².